The highest BCUT2D eigenvalue weighted by Gasteiger charge is 2.27. The highest BCUT2D eigenvalue weighted by molar-refractivity contribution is 6.00. The molecule has 2 heterocycles. The molecule has 0 radical (unpaired) electrons. The number of nitrogen functional groups attached to an aromatic ring is 1. The molecule has 1 unspecified atom stereocenters. The van der Waals surface area contributed by atoms with Crippen molar-refractivity contribution in [1.29, 1.82) is 0 Å². The molecule has 1 aliphatic rings. The molecule has 1 aromatic heterocycles. The first-order chi connectivity index (χ1) is 7.16. The van der Waals surface area contributed by atoms with Crippen LogP contribution in [-0.2, 0) is 9.59 Å². The second-order valence-corrected chi connectivity index (χ2v) is 3.52. The van der Waals surface area contributed by atoms with Gasteiger partial charge in [-0.15, -0.1) is 0 Å². The number of nitrogens with two attached hydrogens (primary N) is 1. The Morgan fingerprint density at radius 2 is 2.27 bits per heavy atom. The van der Waals surface area contributed by atoms with Gasteiger partial charge in [-0.2, -0.15) is 0 Å². The van der Waals surface area contributed by atoms with E-state index in [9.17, 15) is 9.59 Å². The molecule has 0 aromatic carbocycles. The summed E-state index contributed by atoms with van der Waals surface area (Å²) in [5.41, 5.74) is 6.34. The van der Waals surface area contributed by atoms with Crippen LogP contribution in [-0.4, -0.2) is 16.8 Å². The standard InChI is InChI=1S/C10H11N3O2/c11-8-5-6(3-4-12-8)7-1-2-9(14)13-10(7)15/h3-5,7H,1-2H2,(H2,11,12)(H,13,14,15). The second-order valence-electron chi connectivity index (χ2n) is 3.52. The van der Waals surface area contributed by atoms with Crippen LogP contribution < -0.4 is 11.1 Å². The van der Waals surface area contributed by atoms with Crippen LogP contribution in [0.5, 0.6) is 0 Å². The Balaban J connectivity index is 2.24. The van der Waals surface area contributed by atoms with E-state index in [1.54, 1.807) is 18.3 Å². The molecule has 0 spiro atoms. The lowest BCUT2D eigenvalue weighted by molar-refractivity contribution is -0.134. The molecule has 78 valence electrons. The fourth-order valence-electron chi connectivity index (χ4n) is 1.69. The Bertz CT molecular complexity index is 417. The molecule has 5 nitrogen and oxygen atoms in total. The number of hydrogen-bond donors (Lipinski definition) is 2. The summed E-state index contributed by atoms with van der Waals surface area (Å²) >= 11 is 0. The lowest BCUT2D eigenvalue weighted by atomic mass is 9.91. The van der Waals surface area contributed by atoms with Crippen molar-refractivity contribution in [2.45, 2.75) is 18.8 Å². The van der Waals surface area contributed by atoms with E-state index in [-0.39, 0.29) is 17.7 Å². The van der Waals surface area contributed by atoms with Gasteiger partial charge in [0.05, 0.1) is 5.92 Å². The molecule has 3 N–H and O–H groups in total. The van der Waals surface area contributed by atoms with Crippen LogP contribution in [0.3, 0.4) is 0 Å². The third kappa shape index (κ3) is 1.96. The minimum atomic E-state index is -0.284. The number of aromatic nitrogens is 1. The number of carbonyl (C=O) groups excluding carboxylic acids is 2. The van der Waals surface area contributed by atoms with Gasteiger partial charge in [0.15, 0.2) is 0 Å². The third-order valence-corrected chi connectivity index (χ3v) is 2.45. The summed E-state index contributed by atoms with van der Waals surface area (Å²) in [5, 5.41) is 2.31. The van der Waals surface area contributed by atoms with Crippen LogP contribution >= 0.6 is 0 Å². The first-order valence-electron chi connectivity index (χ1n) is 4.72. The lowest BCUT2D eigenvalue weighted by Gasteiger charge is -2.20. The fraction of sp³-hybridized carbons (Fsp3) is 0.300. The number of amides is 2. The van der Waals surface area contributed by atoms with Crippen LogP contribution in [0, 0.1) is 0 Å². The SMILES string of the molecule is Nc1cc(C2CCC(=O)NC2=O)ccn1. The molecule has 1 atom stereocenters. The lowest BCUT2D eigenvalue weighted by Crippen LogP contribution is -2.39. The highest BCUT2D eigenvalue weighted by atomic mass is 16.2. The first-order valence-corrected chi connectivity index (χ1v) is 4.72. The molecular formula is C10H11N3O2. The van der Waals surface area contributed by atoms with Crippen LogP contribution in [0.15, 0.2) is 18.3 Å². The molecular weight excluding hydrogens is 194 g/mol. The summed E-state index contributed by atoms with van der Waals surface area (Å²) in [5.74, 6) is -0.361. The highest BCUT2D eigenvalue weighted by Crippen LogP contribution is 2.24. The van der Waals surface area contributed by atoms with Gasteiger partial charge in [0.2, 0.25) is 11.8 Å². The number of nitrogens with one attached hydrogen (secondary N) is 1. The summed E-state index contributed by atoms with van der Waals surface area (Å²) in [6, 6.07) is 3.41. The summed E-state index contributed by atoms with van der Waals surface area (Å²) in [6.45, 7) is 0. The van der Waals surface area contributed by atoms with E-state index in [0.717, 1.165) is 5.56 Å². The van der Waals surface area contributed by atoms with Gasteiger partial charge in [0.25, 0.3) is 0 Å². The van der Waals surface area contributed by atoms with E-state index in [2.05, 4.69) is 10.3 Å². The minimum Gasteiger partial charge on any atom is -0.384 e. The largest absolute Gasteiger partial charge is 0.384 e. The summed E-state index contributed by atoms with van der Waals surface area (Å²) in [4.78, 5) is 26.3. The van der Waals surface area contributed by atoms with Crippen LogP contribution in [0.4, 0.5) is 5.82 Å². The van der Waals surface area contributed by atoms with Gasteiger partial charge in [-0.05, 0) is 24.1 Å². The van der Waals surface area contributed by atoms with Crippen molar-refractivity contribution in [3.8, 4) is 0 Å². The molecule has 15 heavy (non-hydrogen) atoms. The van der Waals surface area contributed by atoms with E-state index in [1.807, 2.05) is 0 Å². The van der Waals surface area contributed by atoms with Gasteiger partial charge in [0, 0.05) is 12.6 Å². The Hall–Kier alpha value is -1.91. The van der Waals surface area contributed by atoms with Crippen LogP contribution in [0.2, 0.25) is 0 Å². The average molecular weight is 205 g/mol. The van der Waals surface area contributed by atoms with Crippen molar-refractivity contribution in [2.75, 3.05) is 5.73 Å². The summed E-state index contributed by atoms with van der Waals surface area (Å²) < 4.78 is 0. The summed E-state index contributed by atoms with van der Waals surface area (Å²) in [7, 11) is 0. The maximum Gasteiger partial charge on any atom is 0.234 e. The van der Waals surface area contributed by atoms with Gasteiger partial charge in [0.1, 0.15) is 5.82 Å². The van der Waals surface area contributed by atoms with E-state index < -0.39 is 0 Å². The van der Waals surface area contributed by atoms with Crippen molar-refractivity contribution in [1.82, 2.24) is 10.3 Å². The molecule has 1 aliphatic heterocycles. The van der Waals surface area contributed by atoms with Gasteiger partial charge in [-0.25, -0.2) is 4.98 Å². The topological polar surface area (TPSA) is 85.1 Å². The molecule has 2 amide bonds. The number of anilines is 1. The molecule has 0 aliphatic carbocycles. The van der Waals surface area contributed by atoms with Crippen LogP contribution in [0.25, 0.3) is 0 Å². The van der Waals surface area contributed by atoms with E-state index in [1.165, 1.54) is 0 Å². The first kappa shape index (κ1) is 9.64. The number of piperidine rings is 1. The summed E-state index contributed by atoms with van der Waals surface area (Å²) in [6.07, 6.45) is 2.47. The second kappa shape index (κ2) is 3.68. The Kier molecular flexibility index (Phi) is 2.37. The molecule has 1 aromatic rings. The Morgan fingerprint density at radius 1 is 1.47 bits per heavy atom. The molecule has 5 heteroatoms. The number of carbonyl (C=O) groups is 2. The maximum atomic E-state index is 11.5. The quantitative estimate of drug-likeness (QED) is 0.640. The van der Waals surface area contributed by atoms with Gasteiger partial charge >= 0.3 is 0 Å². The number of hydrogen-bond acceptors (Lipinski definition) is 4. The predicted octanol–water partition coefficient (Wildman–Crippen LogP) is 0.184. The Morgan fingerprint density at radius 3 is 2.93 bits per heavy atom. The molecule has 1 fully saturated rings. The zero-order chi connectivity index (χ0) is 10.8. The van der Waals surface area contributed by atoms with Crippen molar-refractivity contribution in [3.63, 3.8) is 0 Å². The van der Waals surface area contributed by atoms with E-state index >= 15 is 0 Å². The molecule has 1 saturated heterocycles. The number of nitrogens with zero attached hydrogens (tertiary/aromatic N) is 1. The average Bonchev–Trinajstić information content (AvgIpc) is 2.17. The number of pyridine rings is 1. The zero-order valence-electron chi connectivity index (χ0n) is 8.06. The zero-order valence-corrected chi connectivity index (χ0v) is 8.06. The smallest absolute Gasteiger partial charge is 0.234 e. The van der Waals surface area contributed by atoms with E-state index in [4.69, 9.17) is 5.73 Å². The molecule has 0 bridgehead atoms. The van der Waals surface area contributed by atoms with Gasteiger partial charge in [-0.3, -0.25) is 14.9 Å². The van der Waals surface area contributed by atoms with Crippen molar-refractivity contribution in [2.24, 2.45) is 0 Å². The predicted molar refractivity (Wildman–Crippen MR) is 53.8 cm³/mol. The molecule has 2 rings (SSSR count). The number of imide groups is 1. The van der Waals surface area contributed by atoms with E-state index in [0.29, 0.717) is 18.7 Å². The maximum absolute atomic E-state index is 11.5. The van der Waals surface area contributed by atoms with Crippen LogP contribution in [0.1, 0.15) is 24.3 Å². The van der Waals surface area contributed by atoms with Crippen molar-refractivity contribution < 1.29 is 9.59 Å². The molecule has 0 saturated carbocycles. The monoisotopic (exact) mass is 205 g/mol. The minimum absolute atomic E-state index is 0.210. The third-order valence-electron chi connectivity index (χ3n) is 2.45. The van der Waals surface area contributed by atoms with Crippen molar-refractivity contribution >= 4 is 17.6 Å². The number of rotatable bonds is 1. The van der Waals surface area contributed by atoms with Crippen molar-refractivity contribution in [3.05, 3.63) is 23.9 Å². The van der Waals surface area contributed by atoms with Gasteiger partial charge < -0.3 is 5.73 Å². The normalized spacial score (nSPS) is 21.2. The fourth-order valence-corrected chi connectivity index (χ4v) is 1.69. The van der Waals surface area contributed by atoms with Gasteiger partial charge in [-0.1, -0.05) is 0 Å². The Labute approximate surface area is 86.7 Å².